The fourth-order valence-corrected chi connectivity index (χ4v) is 1.75. The van der Waals surface area contributed by atoms with Crippen LogP contribution in [0.2, 0.25) is 0 Å². The van der Waals surface area contributed by atoms with Crippen LogP contribution >= 0.6 is 11.8 Å². The normalized spacial score (nSPS) is 10.2. The molecule has 1 heterocycles. The molecule has 1 aromatic rings. The Balaban J connectivity index is 2.37. The minimum absolute atomic E-state index is 0.101. The summed E-state index contributed by atoms with van der Waals surface area (Å²) in [5.74, 6) is 2.29. The molecule has 3 heteroatoms. The average molecular weight is 197 g/mol. The highest BCUT2D eigenvalue weighted by molar-refractivity contribution is 7.99. The average Bonchev–Trinajstić information content (AvgIpc) is 2.15. The van der Waals surface area contributed by atoms with E-state index >= 15 is 0 Å². The molecule has 0 atom stereocenters. The van der Waals surface area contributed by atoms with Crippen LogP contribution in [0, 0.1) is 0 Å². The van der Waals surface area contributed by atoms with E-state index in [9.17, 15) is 4.79 Å². The van der Waals surface area contributed by atoms with E-state index in [2.05, 4.69) is 6.92 Å². The number of pyridine rings is 1. The Kier molecular flexibility index (Phi) is 4.68. The van der Waals surface area contributed by atoms with Gasteiger partial charge in [0, 0.05) is 18.8 Å². The molecule has 13 heavy (non-hydrogen) atoms. The number of hydrogen-bond acceptors (Lipinski definition) is 2. The molecule has 0 amide bonds. The molecule has 72 valence electrons. The molecule has 0 fully saturated rings. The number of nitrogens with zero attached hydrogens (tertiary/aromatic N) is 1. The summed E-state index contributed by atoms with van der Waals surface area (Å²) in [6.45, 7) is 2.99. The summed E-state index contributed by atoms with van der Waals surface area (Å²) in [5, 5.41) is 0. The lowest BCUT2D eigenvalue weighted by molar-refractivity contribution is 0.658. The second kappa shape index (κ2) is 5.86. The molecule has 0 saturated carbocycles. The molecular formula is C10H15NOS. The van der Waals surface area contributed by atoms with Crippen molar-refractivity contribution in [1.29, 1.82) is 0 Å². The first-order valence-electron chi connectivity index (χ1n) is 4.58. The predicted molar refractivity (Wildman–Crippen MR) is 58.3 cm³/mol. The third-order valence-corrected chi connectivity index (χ3v) is 2.78. The number of aromatic nitrogens is 1. The molecular weight excluding hydrogens is 182 g/mol. The van der Waals surface area contributed by atoms with E-state index in [-0.39, 0.29) is 5.56 Å². The molecule has 0 saturated heterocycles. The van der Waals surface area contributed by atoms with Crippen molar-refractivity contribution in [3.63, 3.8) is 0 Å². The molecule has 0 bridgehead atoms. The summed E-state index contributed by atoms with van der Waals surface area (Å²) in [7, 11) is 0. The monoisotopic (exact) mass is 197 g/mol. The fraction of sp³-hybridized carbons (Fsp3) is 0.500. The van der Waals surface area contributed by atoms with Crippen molar-refractivity contribution in [2.45, 2.75) is 19.9 Å². The molecule has 0 aliphatic heterocycles. The maximum Gasteiger partial charge on any atom is 0.250 e. The number of rotatable bonds is 5. The standard InChI is InChI=1S/C10H15NOS/c1-2-13-9-5-8-11-7-4-3-6-10(11)12/h3-4,6-7H,2,5,8-9H2,1H3. The second-order valence-corrected chi connectivity index (χ2v) is 4.18. The van der Waals surface area contributed by atoms with Gasteiger partial charge in [0.25, 0.3) is 0 Å². The van der Waals surface area contributed by atoms with Gasteiger partial charge in [0.2, 0.25) is 5.56 Å². The van der Waals surface area contributed by atoms with E-state index in [0.29, 0.717) is 0 Å². The molecule has 0 aliphatic carbocycles. The van der Waals surface area contributed by atoms with Crippen molar-refractivity contribution in [1.82, 2.24) is 4.57 Å². The molecule has 1 aromatic heterocycles. The van der Waals surface area contributed by atoms with Gasteiger partial charge in [-0.3, -0.25) is 4.79 Å². The van der Waals surface area contributed by atoms with Crippen LogP contribution in [0.1, 0.15) is 13.3 Å². The summed E-state index contributed by atoms with van der Waals surface area (Å²) >= 11 is 1.92. The summed E-state index contributed by atoms with van der Waals surface area (Å²) in [4.78, 5) is 11.2. The van der Waals surface area contributed by atoms with Crippen molar-refractivity contribution in [3.05, 3.63) is 34.7 Å². The number of thioether (sulfide) groups is 1. The van der Waals surface area contributed by atoms with Crippen LogP contribution < -0.4 is 5.56 Å². The first-order valence-corrected chi connectivity index (χ1v) is 5.73. The van der Waals surface area contributed by atoms with E-state index in [1.165, 1.54) is 0 Å². The number of aryl methyl sites for hydroxylation is 1. The molecule has 0 spiro atoms. The van der Waals surface area contributed by atoms with Crippen LogP contribution in [0.15, 0.2) is 29.2 Å². The van der Waals surface area contributed by atoms with Crippen LogP contribution in [-0.2, 0) is 6.54 Å². The lowest BCUT2D eigenvalue weighted by atomic mass is 10.4. The topological polar surface area (TPSA) is 22.0 Å². The highest BCUT2D eigenvalue weighted by atomic mass is 32.2. The molecule has 2 nitrogen and oxygen atoms in total. The smallest absolute Gasteiger partial charge is 0.250 e. The minimum atomic E-state index is 0.101. The van der Waals surface area contributed by atoms with Gasteiger partial charge in [0.05, 0.1) is 0 Å². The third kappa shape index (κ3) is 3.68. The summed E-state index contributed by atoms with van der Waals surface area (Å²) < 4.78 is 1.76. The SMILES string of the molecule is CCSCCCn1ccccc1=O. The Morgan fingerprint density at radius 1 is 1.46 bits per heavy atom. The van der Waals surface area contributed by atoms with E-state index in [1.807, 2.05) is 24.0 Å². The zero-order valence-electron chi connectivity index (χ0n) is 7.90. The first-order chi connectivity index (χ1) is 6.34. The maximum absolute atomic E-state index is 11.2. The largest absolute Gasteiger partial charge is 0.316 e. The molecule has 0 N–H and O–H groups in total. The van der Waals surface area contributed by atoms with E-state index < -0.39 is 0 Å². The highest BCUT2D eigenvalue weighted by Gasteiger charge is 1.92. The van der Waals surface area contributed by atoms with Crippen LogP contribution in [0.25, 0.3) is 0 Å². The number of hydrogen-bond donors (Lipinski definition) is 0. The predicted octanol–water partition coefficient (Wildman–Crippen LogP) is 1.99. The first kappa shape index (κ1) is 10.4. The molecule has 0 radical (unpaired) electrons. The Morgan fingerprint density at radius 3 is 3.00 bits per heavy atom. The van der Waals surface area contributed by atoms with E-state index in [1.54, 1.807) is 16.7 Å². The van der Waals surface area contributed by atoms with Gasteiger partial charge < -0.3 is 4.57 Å². The second-order valence-electron chi connectivity index (χ2n) is 2.78. The molecule has 0 aliphatic rings. The quantitative estimate of drug-likeness (QED) is 0.673. The van der Waals surface area contributed by atoms with Crippen LogP contribution in [0.3, 0.4) is 0 Å². The van der Waals surface area contributed by atoms with E-state index in [4.69, 9.17) is 0 Å². The van der Waals surface area contributed by atoms with Gasteiger partial charge in [-0.05, 0) is 24.0 Å². The van der Waals surface area contributed by atoms with Gasteiger partial charge in [-0.1, -0.05) is 13.0 Å². The van der Waals surface area contributed by atoms with E-state index in [0.717, 1.165) is 24.5 Å². The van der Waals surface area contributed by atoms with Gasteiger partial charge in [-0.25, -0.2) is 0 Å². The Labute approximate surface area is 83.0 Å². The lowest BCUT2D eigenvalue weighted by Gasteiger charge is -2.03. The van der Waals surface area contributed by atoms with Crippen molar-refractivity contribution >= 4 is 11.8 Å². The van der Waals surface area contributed by atoms with Crippen molar-refractivity contribution in [2.24, 2.45) is 0 Å². The van der Waals surface area contributed by atoms with Gasteiger partial charge in [-0.2, -0.15) is 11.8 Å². The Morgan fingerprint density at radius 2 is 2.31 bits per heavy atom. The van der Waals surface area contributed by atoms with Crippen LogP contribution in [-0.4, -0.2) is 16.1 Å². The van der Waals surface area contributed by atoms with Crippen LogP contribution in [0.5, 0.6) is 0 Å². The summed E-state index contributed by atoms with van der Waals surface area (Å²) in [6.07, 6.45) is 2.92. The lowest BCUT2D eigenvalue weighted by Crippen LogP contribution is -2.17. The Bertz CT molecular complexity index is 295. The zero-order chi connectivity index (χ0) is 9.52. The zero-order valence-corrected chi connectivity index (χ0v) is 8.72. The van der Waals surface area contributed by atoms with Crippen molar-refractivity contribution in [3.8, 4) is 0 Å². The minimum Gasteiger partial charge on any atom is -0.316 e. The van der Waals surface area contributed by atoms with Crippen molar-refractivity contribution in [2.75, 3.05) is 11.5 Å². The molecule has 1 rings (SSSR count). The van der Waals surface area contributed by atoms with Gasteiger partial charge in [0.1, 0.15) is 0 Å². The van der Waals surface area contributed by atoms with Gasteiger partial charge >= 0.3 is 0 Å². The van der Waals surface area contributed by atoms with Crippen LogP contribution in [0.4, 0.5) is 0 Å². The van der Waals surface area contributed by atoms with Crippen molar-refractivity contribution < 1.29 is 0 Å². The maximum atomic E-state index is 11.2. The molecule has 0 aromatic carbocycles. The van der Waals surface area contributed by atoms with Gasteiger partial charge in [0.15, 0.2) is 0 Å². The Hall–Kier alpha value is -0.700. The highest BCUT2D eigenvalue weighted by Crippen LogP contribution is 2.01. The summed E-state index contributed by atoms with van der Waals surface area (Å²) in [5.41, 5.74) is 0.101. The molecule has 0 unspecified atom stereocenters. The summed E-state index contributed by atoms with van der Waals surface area (Å²) in [6, 6.07) is 5.28. The van der Waals surface area contributed by atoms with Gasteiger partial charge in [-0.15, -0.1) is 0 Å². The fourth-order valence-electron chi connectivity index (χ4n) is 1.13. The third-order valence-electron chi connectivity index (χ3n) is 1.79.